The van der Waals surface area contributed by atoms with Gasteiger partial charge in [-0.25, -0.2) is 0 Å². The first-order valence-electron chi connectivity index (χ1n) is 6.26. The molecule has 86 valence electrons. The van der Waals surface area contributed by atoms with Crippen molar-refractivity contribution < 1.29 is 4.79 Å². The van der Waals surface area contributed by atoms with Gasteiger partial charge in [-0.3, -0.25) is 4.79 Å². The average molecular weight is 210 g/mol. The number of amides is 1. The average Bonchev–Trinajstić information content (AvgIpc) is 2.64. The molecule has 0 aromatic heterocycles. The lowest BCUT2D eigenvalue weighted by atomic mass is 9.97. The maximum atomic E-state index is 11.7. The van der Waals surface area contributed by atoms with Gasteiger partial charge in [0.1, 0.15) is 0 Å². The summed E-state index contributed by atoms with van der Waals surface area (Å²) in [6.45, 7) is 4.20. The summed E-state index contributed by atoms with van der Waals surface area (Å²) in [5.74, 6) is 1.56. The van der Waals surface area contributed by atoms with E-state index >= 15 is 0 Å². The monoisotopic (exact) mass is 210 g/mol. The Bertz CT molecular complexity index is 220. The van der Waals surface area contributed by atoms with E-state index in [0.29, 0.717) is 18.4 Å². The van der Waals surface area contributed by atoms with Crippen LogP contribution in [-0.2, 0) is 4.79 Å². The third-order valence-electron chi connectivity index (χ3n) is 3.84. The van der Waals surface area contributed by atoms with Crippen LogP contribution >= 0.6 is 0 Å². The number of nitrogens with one attached hydrogen (secondary N) is 2. The first kappa shape index (κ1) is 10.9. The molecule has 1 saturated carbocycles. The molecule has 1 saturated heterocycles. The molecule has 2 rings (SSSR count). The SMILES string of the molecule is CC(NC(=O)CC1CNC1)C1CCCC1. The van der Waals surface area contributed by atoms with Crippen LogP contribution in [0.3, 0.4) is 0 Å². The van der Waals surface area contributed by atoms with Gasteiger partial charge in [0.15, 0.2) is 0 Å². The summed E-state index contributed by atoms with van der Waals surface area (Å²) in [6, 6.07) is 0.382. The molecular formula is C12H22N2O. The van der Waals surface area contributed by atoms with Crippen molar-refractivity contribution in [2.24, 2.45) is 11.8 Å². The lowest BCUT2D eigenvalue weighted by Gasteiger charge is -2.28. The van der Waals surface area contributed by atoms with Crippen molar-refractivity contribution in [3.8, 4) is 0 Å². The van der Waals surface area contributed by atoms with Crippen molar-refractivity contribution in [3.63, 3.8) is 0 Å². The highest BCUT2D eigenvalue weighted by atomic mass is 16.1. The minimum atomic E-state index is 0.251. The van der Waals surface area contributed by atoms with Crippen LogP contribution < -0.4 is 10.6 Å². The van der Waals surface area contributed by atoms with Crippen LogP contribution in [0.2, 0.25) is 0 Å². The van der Waals surface area contributed by atoms with Crippen molar-refractivity contribution in [2.45, 2.75) is 45.1 Å². The molecule has 15 heavy (non-hydrogen) atoms. The van der Waals surface area contributed by atoms with Gasteiger partial charge in [0.2, 0.25) is 5.91 Å². The van der Waals surface area contributed by atoms with E-state index in [2.05, 4.69) is 17.6 Å². The quantitative estimate of drug-likeness (QED) is 0.734. The van der Waals surface area contributed by atoms with E-state index in [-0.39, 0.29) is 5.91 Å². The molecule has 1 aliphatic heterocycles. The Labute approximate surface area is 92.0 Å². The van der Waals surface area contributed by atoms with Gasteiger partial charge in [-0.1, -0.05) is 12.8 Å². The van der Waals surface area contributed by atoms with Gasteiger partial charge in [0, 0.05) is 12.5 Å². The number of hydrogen-bond acceptors (Lipinski definition) is 2. The summed E-state index contributed by atoms with van der Waals surface area (Å²) in [6.07, 6.45) is 6.00. The number of carbonyl (C=O) groups is 1. The van der Waals surface area contributed by atoms with E-state index in [1.165, 1.54) is 25.7 Å². The Morgan fingerprint density at radius 2 is 2.07 bits per heavy atom. The number of rotatable bonds is 4. The molecule has 0 radical (unpaired) electrons. The predicted molar refractivity (Wildman–Crippen MR) is 60.5 cm³/mol. The van der Waals surface area contributed by atoms with Gasteiger partial charge in [-0.2, -0.15) is 0 Å². The molecule has 0 aromatic carbocycles. The lowest BCUT2D eigenvalue weighted by Crippen LogP contribution is -2.46. The fraction of sp³-hybridized carbons (Fsp3) is 0.917. The van der Waals surface area contributed by atoms with Gasteiger partial charge in [0.25, 0.3) is 0 Å². The zero-order valence-electron chi connectivity index (χ0n) is 9.59. The highest BCUT2D eigenvalue weighted by molar-refractivity contribution is 5.76. The molecule has 0 bridgehead atoms. The Kier molecular flexibility index (Phi) is 3.62. The molecule has 3 nitrogen and oxygen atoms in total. The smallest absolute Gasteiger partial charge is 0.220 e. The predicted octanol–water partition coefficient (Wildman–Crippen LogP) is 1.29. The fourth-order valence-corrected chi connectivity index (χ4v) is 2.64. The zero-order chi connectivity index (χ0) is 10.7. The minimum absolute atomic E-state index is 0.251. The van der Waals surface area contributed by atoms with Gasteiger partial charge >= 0.3 is 0 Å². The van der Waals surface area contributed by atoms with Gasteiger partial charge in [-0.05, 0) is 44.7 Å². The molecule has 0 aromatic rings. The molecule has 2 aliphatic rings. The van der Waals surface area contributed by atoms with E-state index in [1.54, 1.807) is 0 Å². The largest absolute Gasteiger partial charge is 0.353 e. The second-order valence-corrected chi connectivity index (χ2v) is 5.13. The molecule has 1 aliphatic carbocycles. The Morgan fingerprint density at radius 1 is 1.40 bits per heavy atom. The fourth-order valence-electron chi connectivity index (χ4n) is 2.64. The van der Waals surface area contributed by atoms with Crippen LogP contribution in [0, 0.1) is 11.8 Å². The van der Waals surface area contributed by atoms with E-state index < -0.39 is 0 Å². The minimum Gasteiger partial charge on any atom is -0.353 e. The molecule has 1 atom stereocenters. The lowest BCUT2D eigenvalue weighted by molar-refractivity contribution is -0.123. The summed E-state index contributed by atoms with van der Waals surface area (Å²) in [5, 5.41) is 6.35. The molecule has 3 heteroatoms. The topological polar surface area (TPSA) is 41.1 Å². The Hall–Kier alpha value is -0.570. The summed E-state index contributed by atoms with van der Waals surface area (Å²) in [7, 11) is 0. The standard InChI is InChI=1S/C12H22N2O/c1-9(11-4-2-3-5-11)14-12(15)6-10-7-13-8-10/h9-11,13H,2-8H2,1H3,(H,14,15). The van der Waals surface area contributed by atoms with E-state index in [0.717, 1.165) is 19.0 Å². The number of hydrogen-bond donors (Lipinski definition) is 2. The second kappa shape index (κ2) is 4.97. The molecule has 1 heterocycles. The molecule has 1 unspecified atom stereocenters. The third kappa shape index (κ3) is 2.94. The zero-order valence-corrected chi connectivity index (χ0v) is 9.59. The number of carbonyl (C=O) groups excluding carboxylic acids is 1. The maximum Gasteiger partial charge on any atom is 0.220 e. The Balaban J connectivity index is 1.67. The van der Waals surface area contributed by atoms with Crippen molar-refractivity contribution in [2.75, 3.05) is 13.1 Å². The van der Waals surface area contributed by atoms with Gasteiger partial charge in [-0.15, -0.1) is 0 Å². The normalized spacial score (nSPS) is 24.9. The van der Waals surface area contributed by atoms with Crippen LogP contribution in [0.15, 0.2) is 0 Å². The van der Waals surface area contributed by atoms with Crippen LogP contribution in [0.4, 0.5) is 0 Å². The van der Waals surface area contributed by atoms with Crippen molar-refractivity contribution in [1.29, 1.82) is 0 Å². The summed E-state index contributed by atoms with van der Waals surface area (Å²) in [5.41, 5.74) is 0. The van der Waals surface area contributed by atoms with E-state index in [9.17, 15) is 4.79 Å². The molecule has 2 fully saturated rings. The Morgan fingerprint density at radius 3 is 2.60 bits per heavy atom. The van der Waals surface area contributed by atoms with Crippen LogP contribution in [0.5, 0.6) is 0 Å². The molecular weight excluding hydrogens is 188 g/mol. The molecule has 0 spiro atoms. The second-order valence-electron chi connectivity index (χ2n) is 5.13. The maximum absolute atomic E-state index is 11.7. The van der Waals surface area contributed by atoms with Gasteiger partial charge < -0.3 is 10.6 Å². The van der Waals surface area contributed by atoms with E-state index in [4.69, 9.17) is 0 Å². The summed E-state index contributed by atoms with van der Waals surface area (Å²) in [4.78, 5) is 11.7. The first-order valence-corrected chi connectivity index (χ1v) is 6.26. The first-order chi connectivity index (χ1) is 7.25. The third-order valence-corrected chi connectivity index (χ3v) is 3.84. The summed E-state index contributed by atoms with van der Waals surface area (Å²) < 4.78 is 0. The van der Waals surface area contributed by atoms with Gasteiger partial charge in [0.05, 0.1) is 0 Å². The highest BCUT2D eigenvalue weighted by Crippen LogP contribution is 2.27. The van der Waals surface area contributed by atoms with Crippen molar-refractivity contribution in [3.05, 3.63) is 0 Å². The highest BCUT2D eigenvalue weighted by Gasteiger charge is 2.25. The van der Waals surface area contributed by atoms with Crippen LogP contribution in [0.25, 0.3) is 0 Å². The van der Waals surface area contributed by atoms with Crippen molar-refractivity contribution in [1.82, 2.24) is 10.6 Å². The molecule has 1 amide bonds. The van der Waals surface area contributed by atoms with E-state index in [1.807, 2.05) is 0 Å². The van der Waals surface area contributed by atoms with Crippen LogP contribution in [-0.4, -0.2) is 25.0 Å². The van der Waals surface area contributed by atoms with Crippen molar-refractivity contribution >= 4 is 5.91 Å². The molecule has 2 N–H and O–H groups in total. The van der Waals surface area contributed by atoms with Crippen LogP contribution in [0.1, 0.15) is 39.0 Å². The summed E-state index contributed by atoms with van der Waals surface area (Å²) >= 11 is 0.